The minimum atomic E-state index is -0.431. The number of benzene rings is 2. The van der Waals surface area contributed by atoms with Crippen LogP contribution < -0.4 is 21.3 Å². The van der Waals surface area contributed by atoms with Crippen LogP contribution in [0.1, 0.15) is 42.6 Å². The summed E-state index contributed by atoms with van der Waals surface area (Å²) >= 11 is 0. The van der Waals surface area contributed by atoms with Gasteiger partial charge in [0, 0.05) is 29.8 Å². The molecule has 0 aliphatic carbocycles. The highest BCUT2D eigenvalue weighted by atomic mass is 16.2. The third-order valence-electron chi connectivity index (χ3n) is 5.86. The van der Waals surface area contributed by atoms with E-state index in [0.29, 0.717) is 40.6 Å². The van der Waals surface area contributed by atoms with Gasteiger partial charge < -0.3 is 21.3 Å². The summed E-state index contributed by atoms with van der Waals surface area (Å²) in [5, 5.41) is 10.7. The SMILES string of the molecule is C=CC(=O)NCC(=O)Nc1cccc(N=C2N=CC(NC(=O)c3cc(NC(C)=O)ccc3C)=CCC2CC)c1. The highest BCUT2D eigenvalue weighted by Crippen LogP contribution is 2.23. The quantitative estimate of drug-likeness (QED) is 0.365. The Balaban J connectivity index is 1.73. The molecule has 1 heterocycles. The second-order valence-electron chi connectivity index (χ2n) is 8.91. The lowest BCUT2D eigenvalue weighted by molar-refractivity contribution is -0.121. The molecule has 10 heteroatoms. The van der Waals surface area contributed by atoms with Gasteiger partial charge in [0.25, 0.3) is 5.91 Å². The summed E-state index contributed by atoms with van der Waals surface area (Å²) in [6.07, 6.45) is 5.99. The maximum atomic E-state index is 13.0. The first kappa shape index (κ1) is 28.7. The number of rotatable bonds is 9. The number of nitrogens with zero attached hydrogens (tertiary/aromatic N) is 2. The number of amidine groups is 1. The molecule has 0 fully saturated rings. The van der Waals surface area contributed by atoms with Gasteiger partial charge in [0.1, 0.15) is 5.84 Å². The zero-order valence-corrected chi connectivity index (χ0v) is 22.2. The van der Waals surface area contributed by atoms with E-state index in [4.69, 9.17) is 4.99 Å². The Morgan fingerprint density at radius 2 is 1.85 bits per heavy atom. The summed E-state index contributed by atoms with van der Waals surface area (Å²) in [5.74, 6) is -0.711. The van der Waals surface area contributed by atoms with Crippen molar-refractivity contribution in [2.75, 3.05) is 17.2 Å². The molecule has 2 aromatic rings. The van der Waals surface area contributed by atoms with Crippen molar-refractivity contribution in [3.63, 3.8) is 0 Å². The number of anilines is 2. The van der Waals surface area contributed by atoms with E-state index in [0.717, 1.165) is 18.1 Å². The summed E-state index contributed by atoms with van der Waals surface area (Å²) < 4.78 is 0. The van der Waals surface area contributed by atoms with Crippen LogP contribution in [0.5, 0.6) is 0 Å². The van der Waals surface area contributed by atoms with E-state index in [1.165, 1.54) is 6.92 Å². The monoisotopic (exact) mass is 528 g/mol. The normalized spacial score (nSPS) is 15.5. The topological polar surface area (TPSA) is 141 Å². The average Bonchev–Trinajstić information content (AvgIpc) is 3.09. The maximum Gasteiger partial charge on any atom is 0.256 e. The van der Waals surface area contributed by atoms with Gasteiger partial charge in [0.15, 0.2) is 0 Å². The third kappa shape index (κ3) is 8.60. The van der Waals surface area contributed by atoms with Crippen molar-refractivity contribution in [2.45, 2.75) is 33.6 Å². The van der Waals surface area contributed by atoms with Gasteiger partial charge in [-0.25, -0.2) is 9.98 Å². The van der Waals surface area contributed by atoms with Crippen LogP contribution in [0.2, 0.25) is 0 Å². The molecule has 0 aromatic heterocycles. The minimum absolute atomic E-state index is 0.0212. The lowest BCUT2D eigenvalue weighted by Gasteiger charge is -2.11. The molecule has 0 bridgehead atoms. The molecule has 3 rings (SSSR count). The van der Waals surface area contributed by atoms with Crippen LogP contribution in [0.3, 0.4) is 0 Å². The van der Waals surface area contributed by atoms with Gasteiger partial charge in [-0.1, -0.05) is 31.7 Å². The van der Waals surface area contributed by atoms with E-state index >= 15 is 0 Å². The predicted octanol–water partition coefficient (Wildman–Crippen LogP) is 4.04. The first-order valence-electron chi connectivity index (χ1n) is 12.5. The molecular weight excluding hydrogens is 496 g/mol. The fourth-order valence-corrected chi connectivity index (χ4v) is 3.80. The first-order chi connectivity index (χ1) is 18.7. The molecule has 2 aromatic carbocycles. The fraction of sp³-hybridized carbons (Fsp3) is 0.241. The van der Waals surface area contributed by atoms with Crippen molar-refractivity contribution in [1.82, 2.24) is 10.6 Å². The molecule has 1 unspecified atom stereocenters. The number of hydrogen-bond donors (Lipinski definition) is 4. The van der Waals surface area contributed by atoms with E-state index in [2.05, 4.69) is 32.8 Å². The molecule has 202 valence electrons. The van der Waals surface area contributed by atoms with Crippen LogP contribution in [-0.2, 0) is 14.4 Å². The lowest BCUT2D eigenvalue weighted by atomic mass is 10.0. The number of amides is 4. The van der Waals surface area contributed by atoms with Crippen molar-refractivity contribution in [3.8, 4) is 0 Å². The molecular formula is C29H32N6O4. The second-order valence-corrected chi connectivity index (χ2v) is 8.91. The van der Waals surface area contributed by atoms with Crippen molar-refractivity contribution in [3.05, 3.63) is 78.0 Å². The molecule has 0 radical (unpaired) electrons. The molecule has 0 saturated carbocycles. The Morgan fingerprint density at radius 3 is 2.56 bits per heavy atom. The number of carbonyl (C=O) groups excluding carboxylic acids is 4. The van der Waals surface area contributed by atoms with Crippen molar-refractivity contribution in [1.29, 1.82) is 0 Å². The lowest BCUT2D eigenvalue weighted by Crippen LogP contribution is -2.31. The number of nitrogens with one attached hydrogen (secondary N) is 4. The van der Waals surface area contributed by atoms with Gasteiger partial charge in [-0.2, -0.15) is 0 Å². The maximum absolute atomic E-state index is 13.0. The van der Waals surface area contributed by atoms with E-state index in [9.17, 15) is 19.2 Å². The first-order valence-corrected chi connectivity index (χ1v) is 12.5. The van der Waals surface area contributed by atoms with Crippen molar-refractivity contribution < 1.29 is 19.2 Å². The average molecular weight is 529 g/mol. The zero-order valence-electron chi connectivity index (χ0n) is 22.2. The molecule has 4 N–H and O–H groups in total. The molecule has 10 nitrogen and oxygen atoms in total. The summed E-state index contributed by atoms with van der Waals surface area (Å²) in [7, 11) is 0. The van der Waals surface area contributed by atoms with E-state index < -0.39 is 5.91 Å². The molecule has 1 aliphatic rings. The second kappa shape index (κ2) is 13.6. The molecule has 1 aliphatic heterocycles. The highest BCUT2D eigenvalue weighted by molar-refractivity contribution is 6.04. The number of aliphatic imine (C=N–C) groups is 2. The smallest absolute Gasteiger partial charge is 0.256 e. The molecule has 39 heavy (non-hydrogen) atoms. The zero-order chi connectivity index (χ0) is 28.4. The van der Waals surface area contributed by atoms with E-state index in [1.807, 2.05) is 19.9 Å². The molecule has 4 amide bonds. The Bertz CT molecular complexity index is 1380. The van der Waals surface area contributed by atoms with Gasteiger partial charge in [-0.15, -0.1) is 0 Å². The number of hydrogen-bond acceptors (Lipinski definition) is 5. The molecule has 0 saturated heterocycles. The molecule has 0 spiro atoms. The minimum Gasteiger partial charge on any atom is -0.343 e. The van der Waals surface area contributed by atoms with Gasteiger partial charge in [0.05, 0.1) is 24.1 Å². The summed E-state index contributed by atoms with van der Waals surface area (Å²) in [5.41, 5.74) is 3.45. The standard InChI is InChI=1S/C29H32N6O4/c1-5-20-11-13-24(35-29(39)25-15-23(32-19(4)36)12-10-18(25)3)16-31-28(20)34-22-9-7-8-21(14-22)33-27(38)17-30-26(37)6-2/h6-10,12-16,20H,2,5,11,17H2,1,3-4H3,(H,30,37)(H,32,36)(H,33,38)(H,35,39). The number of aryl methyl sites for hydroxylation is 1. The Hall–Kier alpha value is -4.86. The van der Waals surface area contributed by atoms with E-state index in [-0.39, 0.29) is 30.2 Å². The largest absolute Gasteiger partial charge is 0.343 e. The van der Waals surface area contributed by atoms with Crippen molar-refractivity contribution >= 4 is 52.7 Å². The summed E-state index contributed by atoms with van der Waals surface area (Å²) in [4.78, 5) is 57.1. The van der Waals surface area contributed by atoms with Gasteiger partial charge >= 0.3 is 0 Å². The van der Waals surface area contributed by atoms with Crippen LogP contribution >= 0.6 is 0 Å². The van der Waals surface area contributed by atoms with Gasteiger partial charge in [0.2, 0.25) is 17.7 Å². The number of carbonyl (C=O) groups is 4. The Morgan fingerprint density at radius 1 is 1.08 bits per heavy atom. The molecule has 1 atom stereocenters. The van der Waals surface area contributed by atoms with Crippen LogP contribution in [0.15, 0.2) is 76.9 Å². The summed E-state index contributed by atoms with van der Waals surface area (Å²) in [6, 6.07) is 12.2. The fourth-order valence-electron chi connectivity index (χ4n) is 3.80. The Kier molecular flexibility index (Phi) is 10.0. The summed E-state index contributed by atoms with van der Waals surface area (Å²) in [6.45, 7) is 8.45. The third-order valence-corrected chi connectivity index (χ3v) is 5.86. The van der Waals surface area contributed by atoms with Crippen LogP contribution in [0.25, 0.3) is 0 Å². The van der Waals surface area contributed by atoms with E-state index in [1.54, 1.807) is 48.7 Å². The number of allylic oxidation sites excluding steroid dienone is 2. The predicted molar refractivity (Wildman–Crippen MR) is 153 cm³/mol. The van der Waals surface area contributed by atoms with Crippen LogP contribution in [0, 0.1) is 12.8 Å². The van der Waals surface area contributed by atoms with Crippen LogP contribution in [0.4, 0.5) is 17.1 Å². The highest BCUT2D eigenvalue weighted by Gasteiger charge is 2.18. The van der Waals surface area contributed by atoms with Crippen molar-refractivity contribution in [2.24, 2.45) is 15.9 Å². The Labute approximate surface area is 227 Å². The van der Waals surface area contributed by atoms with Gasteiger partial charge in [-0.05, 0) is 61.7 Å². The van der Waals surface area contributed by atoms with Crippen LogP contribution in [-0.4, -0.2) is 42.2 Å². The van der Waals surface area contributed by atoms with Gasteiger partial charge in [-0.3, -0.25) is 19.2 Å².